The van der Waals surface area contributed by atoms with Crippen LogP contribution in [-0.2, 0) is 4.79 Å². The van der Waals surface area contributed by atoms with Crippen molar-refractivity contribution in [1.82, 2.24) is 4.90 Å². The van der Waals surface area contributed by atoms with Gasteiger partial charge >= 0.3 is 5.97 Å². The van der Waals surface area contributed by atoms with Gasteiger partial charge in [-0.25, -0.2) is 4.79 Å². The zero-order valence-corrected chi connectivity index (χ0v) is 12.5. The minimum atomic E-state index is -1.03. The van der Waals surface area contributed by atoms with Gasteiger partial charge in [-0.15, -0.1) is 0 Å². The maximum absolute atomic E-state index is 12.2. The molecule has 0 spiro atoms. The monoisotopic (exact) mass is 292 g/mol. The summed E-state index contributed by atoms with van der Waals surface area (Å²) in [6.45, 7) is 5.05. The molecule has 0 fully saturated rings. The molecule has 0 radical (unpaired) electrons. The Bertz CT molecular complexity index is 557. The molecule has 1 heterocycles. The Kier molecular flexibility index (Phi) is 4.35. The Labute approximate surface area is 123 Å². The highest BCUT2D eigenvalue weighted by molar-refractivity contribution is 5.94. The van der Waals surface area contributed by atoms with Gasteiger partial charge in [-0.05, 0) is 26.0 Å². The molecule has 0 unspecified atom stereocenters. The van der Waals surface area contributed by atoms with Crippen molar-refractivity contribution in [2.24, 2.45) is 0 Å². The summed E-state index contributed by atoms with van der Waals surface area (Å²) in [5.74, 6) is -0.686. The minimum absolute atomic E-state index is 0.00132. The highest BCUT2D eigenvalue weighted by Gasteiger charge is 2.26. The first-order valence-corrected chi connectivity index (χ1v) is 6.91. The van der Waals surface area contributed by atoms with Crippen molar-refractivity contribution in [2.45, 2.75) is 19.9 Å². The number of amides is 1. The van der Waals surface area contributed by atoms with Crippen LogP contribution in [0.2, 0.25) is 0 Å². The number of carbonyl (C=O) groups is 2. The first-order chi connectivity index (χ1) is 9.91. The summed E-state index contributed by atoms with van der Waals surface area (Å²) < 4.78 is 5.49. The third-order valence-corrected chi connectivity index (χ3v) is 3.67. The molecule has 114 valence electrons. The van der Waals surface area contributed by atoms with Crippen molar-refractivity contribution in [2.75, 3.05) is 31.6 Å². The van der Waals surface area contributed by atoms with Crippen molar-refractivity contribution in [3.63, 3.8) is 0 Å². The van der Waals surface area contributed by atoms with E-state index in [4.69, 9.17) is 4.74 Å². The molecule has 0 bridgehead atoms. The number of hydrogen-bond donors (Lipinski definition) is 1. The molecule has 2 rings (SSSR count). The molecule has 0 aliphatic carbocycles. The summed E-state index contributed by atoms with van der Waals surface area (Å²) in [5.41, 5.74) is 0.786. The zero-order chi connectivity index (χ0) is 15.6. The Morgan fingerprint density at radius 3 is 2.76 bits per heavy atom. The lowest BCUT2D eigenvalue weighted by Crippen LogP contribution is -2.44. The van der Waals surface area contributed by atoms with Gasteiger partial charge in [0.1, 0.15) is 12.2 Å². The maximum Gasteiger partial charge on any atom is 0.339 e. The number of nitrogens with zero attached hydrogens (tertiary/aromatic N) is 2. The molecule has 0 saturated heterocycles. The van der Waals surface area contributed by atoms with E-state index in [0.29, 0.717) is 24.6 Å². The molecule has 0 atom stereocenters. The first-order valence-electron chi connectivity index (χ1n) is 6.91. The molecule has 6 nitrogen and oxygen atoms in total. The van der Waals surface area contributed by atoms with E-state index in [1.807, 2.05) is 18.7 Å². The van der Waals surface area contributed by atoms with E-state index in [-0.39, 0.29) is 24.1 Å². The van der Waals surface area contributed by atoms with Crippen LogP contribution in [0.5, 0.6) is 5.75 Å². The van der Waals surface area contributed by atoms with Gasteiger partial charge in [-0.3, -0.25) is 4.79 Å². The van der Waals surface area contributed by atoms with Gasteiger partial charge in [0, 0.05) is 13.1 Å². The van der Waals surface area contributed by atoms with E-state index < -0.39 is 5.97 Å². The number of benzene rings is 1. The van der Waals surface area contributed by atoms with Crippen LogP contribution in [0.4, 0.5) is 5.69 Å². The maximum atomic E-state index is 12.2. The molecule has 21 heavy (non-hydrogen) atoms. The van der Waals surface area contributed by atoms with Gasteiger partial charge in [-0.1, -0.05) is 6.07 Å². The number of anilines is 1. The van der Waals surface area contributed by atoms with E-state index >= 15 is 0 Å². The number of hydrogen-bond acceptors (Lipinski definition) is 4. The van der Waals surface area contributed by atoms with Gasteiger partial charge in [0.2, 0.25) is 5.91 Å². The van der Waals surface area contributed by atoms with E-state index in [9.17, 15) is 14.7 Å². The lowest BCUT2D eigenvalue weighted by molar-refractivity contribution is -0.129. The van der Waals surface area contributed by atoms with Gasteiger partial charge < -0.3 is 19.6 Å². The lowest BCUT2D eigenvalue weighted by atomic mass is 10.1. The molecule has 1 aromatic carbocycles. The normalized spacial score (nSPS) is 13.6. The number of rotatable bonds is 4. The van der Waals surface area contributed by atoms with Gasteiger partial charge in [-0.2, -0.15) is 0 Å². The fourth-order valence-electron chi connectivity index (χ4n) is 2.20. The second-order valence-electron chi connectivity index (χ2n) is 5.33. The lowest BCUT2D eigenvalue weighted by Gasteiger charge is -2.33. The number of likely N-dealkylation sites (N-methyl/N-ethyl adjacent to an activating group) is 1. The van der Waals surface area contributed by atoms with Gasteiger partial charge in [0.05, 0.1) is 18.8 Å². The molecule has 6 heteroatoms. The van der Waals surface area contributed by atoms with Crippen LogP contribution in [0.1, 0.15) is 24.2 Å². The summed E-state index contributed by atoms with van der Waals surface area (Å²) in [7, 11) is 1.77. The third kappa shape index (κ3) is 3.09. The quantitative estimate of drug-likeness (QED) is 0.909. The number of fused-ring (bicyclic) bond motifs is 1. The van der Waals surface area contributed by atoms with Crippen LogP contribution in [-0.4, -0.2) is 54.7 Å². The Balaban J connectivity index is 2.25. The van der Waals surface area contributed by atoms with Crippen LogP contribution in [0.15, 0.2) is 18.2 Å². The number of para-hydroxylation sites is 1. The fraction of sp³-hybridized carbons (Fsp3) is 0.467. The van der Waals surface area contributed by atoms with Crippen LogP contribution >= 0.6 is 0 Å². The van der Waals surface area contributed by atoms with Crippen LogP contribution in [0.25, 0.3) is 0 Å². The average Bonchev–Trinajstić information content (AvgIpc) is 2.45. The molecule has 1 aliphatic heterocycles. The third-order valence-electron chi connectivity index (χ3n) is 3.67. The van der Waals surface area contributed by atoms with Crippen molar-refractivity contribution < 1.29 is 19.4 Å². The van der Waals surface area contributed by atoms with Gasteiger partial charge in [0.25, 0.3) is 0 Å². The van der Waals surface area contributed by atoms with Crippen molar-refractivity contribution in [3.05, 3.63) is 23.8 Å². The molecule has 1 amide bonds. The van der Waals surface area contributed by atoms with Crippen LogP contribution in [0.3, 0.4) is 0 Å². The number of carbonyl (C=O) groups excluding carboxylic acids is 1. The summed E-state index contributed by atoms with van der Waals surface area (Å²) >= 11 is 0. The molecular formula is C15H20N2O4. The van der Waals surface area contributed by atoms with E-state index in [1.165, 1.54) is 6.07 Å². The van der Waals surface area contributed by atoms with Crippen molar-refractivity contribution in [1.29, 1.82) is 0 Å². The molecule has 1 N–H and O–H groups in total. The van der Waals surface area contributed by atoms with Crippen molar-refractivity contribution in [3.8, 4) is 5.75 Å². The minimum Gasteiger partial charge on any atom is -0.489 e. The zero-order valence-electron chi connectivity index (χ0n) is 12.5. The SMILES string of the molecule is CC(C)N(C)C(=O)CN1CCOc2c(C(=O)O)cccc21. The Morgan fingerprint density at radius 2 is 2.14 bits per heavy atom. The summed E-state index contributed by atoms with van der Waals surface area (Å²) in [6.07, 6.45) is 0. The van der Waals surface area contributed by atoms with Crippen molar-refractivity contribution >= 4 is 17.6 Å². The predicted octanol–water partition coefficient (Wildman–Crippen LogP) is 1.45. The smallest absolute Gasteiger partial charge is 0.339 e. The number of ether oxygens (including phenoxy) is 1. The molecule has 1 aliphatic rings. The largest absolute Gasteiger partial charge is 0.489 e. The highest BCUT2D eigenvalue weighted by Crippen LogP contribution is 2.34. The highest BCUT2D eigenvalue weighted by atomic mass is 16.5. The van der Waals surface area contributed by atoms with E-state index in [2.05, 4.69) is 0 Å². The first kappa shape index (κ1) is 15.2. The van der Waals surface area contributed by atoms with E-state index in [1.54, 1.807) is 24.1 Å². The van der Waals surface area contributed by atoms with Crippen LogP contribution < -0.4 is 9.64 Å². The standard InChI is InChI=1S/C15H20N2O4/c1-10(2)16(3)13(18)9-17-7-8-21-14-11(15(19)20)5-4-6-12(14)17/h4-6,10H,7-9H2,1-3H3,(H,19,20). The fourth-order valence-corrected chi connectivity index (χ4v) is 2.20. The topological polar surface area (TPSA) is 70.1 Å². The summed E-state index contributed by atoms with van der Waals surface area (Å²) in [6, 6.07) is 5.08. The number of carboxylic acids is 1. The molecule has 0 aromatic heterocycles. The number of aromatic carboxylic acids is 1. The Morgan fingerprint density at radius 1 is 1.43 bits per heavy atom. The second kappa shape index (κ2) is 6.03. The second-order valence-corrected chi connectivity index (χ2v) is 5.33. The summed E-state index contributed by atoms with van der Waals surface area (Å²) in [5, 5.41) is 9.20. The Hall–Kier alpha value is -2.24. The molecule has 0 saturated carbocycles. The van der Waals surface area contributed by atoms with Crippen LogP contribution in [0, 0.1) is 0 Å². The summed E-state index contributed by atoms with van der Waals surface area (Å²) in [4.78, 5) is 27.0. The molecule has 1 aromatic rings. The van der Waals surface area contributed by atoms with Gasteiger partial charge in [0.15, 0.2) is 5.75 Å². The number of carboxylic acid groups (broad SMARTS) is 1. The predicted molar refractivity (Wildman–Crippen MR) is 79.0 cm³/mol. The van der Waals surface area contributed by atoms with E-state index in [0.717, 1.165) is 0 Å². The molecular weight excluding hydrogens is 272 g/mol. The average molecular weight is 292 g/mol.